The highest BCUT2D eigenvalue weighted by Gasteiger charge is 2.12. The van der Waals surface area contributed by atoms with Gasteiger partial charge >= 0.3 is 0 Å². The molecule has 0 aromatic heterocycles. The molecule has 0 aliphatic rings. The van der Waals surface area contributed by atoms with Crippen molar-refractivity contribution in [2.24, 2.45) is 0 Å². The maximum absolute atomic E-state index is 11.7. The van der Waals surface area contributed by atoms with E-state index in [1.807, 2.05) is 26.0 Å². The van der Waals surface area contributed by atoms with Crippen molar-refractivity contribution < 1.29 is 22.7 Å². The Balaban J connectivity index is 0. The molecule has 7 nitrogen and oxygen atoms in total. The normalized spacial score (nSPS) is 10.4. The molecule has 0 radical (unpaired) electrons. The minimum atomic E-state index is -3.50. The second kappa shape index (κ2) is 23.7. The standard InChI is InChI=1S/C12H6Cl2N2.C10H15NO4S.C3H5F.C3H6/c13-11-7-9(3-1-5-15)10(4-2-6-16)8-12(11)14;1-2-15-8-7-11-16(13,14)10-5-3-9(12)4-6-10;1-2-3-4;1-3-2/h1-4,7-8H;3-6,11-12H,2,7-8H2,1H3;2-3H,1H3;3H,1H2,2H3/b3-1+,4-2+;;3-2+;. The Bertz CT molecular complexity index is 1210. The van der Waals surface area contributed by atoms with Crippen LogP contribution >= 0.6 is 23.2 Å². The lowest BCUT2D eigenvalue weighted by Gasteiger charge is -2.06. The number of phenolic OH excluding ortho intramolecular Hbond substituents is 1. The number of aromatic hydroxyl groups is 1. The van der Waals surface area contributed by atoms with Crippen LogP contribution in [0.15, 0.2) is 78.5 Å². The van der Waals surface area contributed by atoms with Gasteiger partial charge in [-0.1, -0.05) is 35.4 Å². The monoisotopic (exact) mass is 595 g/mol. The molecule has 0 bridgehead atoms. The summed E-state index contributed by atoms with van der Waals surface area (Å²) >= 11 is 11.7. The first kappa shape index (κ1) is 37.7. The molecule has 2 aromatic carbocycles. The highest BCUT2D eigenvalue weighted by molar-refractivity contribution is 7.89. The van der Waals surface area contributed by atoms with Crippen molar-refractivity contribution >= 4 is 45.4 Å². The summed E-state index contributed by atoms with van der Waals surface area (Å²) in [4.78, 5) is 0.127. The lowest BCUT2D eigenvalue weighted by Crippen LogP contribution is -2.27. The van der Waals surface area contributed by atoms with Crippen molar-refractivity contribution in [1.82, 2.24) is 4.72 Å². The van der Waals surface area contributed by atoms with Gasteiger partial charge in [-0.05, 0) is 80.4 Å². The number of nitrogens with one attached hydrogen (secondary N) is 1. The van der Waals surface area contributed by atoms with Crippen LogP contribution in [0.25, 0.3) is 12.2 Å². The van der Waals surface area contributed by atoms with Crippen LogP contribution < -0.4 is 4.72 Å². The van der Waals surface area contributed by atoms with Crippen molar-refractivity contribution in [3.8, 4) is 17.9 Å². The molecule has 0 amide bonds. The molecule has 11 heteroatoms. The topological polar surface area (TPSA) is 123 Å². The van der Waals surface area contributed by atoms with Crippen LogP contribution in [0.2, 0.25) is 10.0 Å². The first-order chi connectivity index (χ1) is 18.6. The summed E-state index contributed by atoms with van der Waals surface area (Å²) in [5.74, 6) is 0.0354. The van der Waals surface area contributed by atoms with E-state index in [4.69, 9.17) is 43.6 Å². The molecule has 0 heterocycles. The molecule has 0 unspecified atom stereocenters. The molecule has 0 saturated carbocycles. The van der Waals surface area contributed by atoms with E-state index in [1.54, 1.807) is 37.3 Å². The fourth-order valence-corrected chi connectivity index (χ4v) is 3.58. The molecule has 0 aliphatic heterocycles. The van der Waals surface area contributed by atoms with E-state index in [1.165, 1.54) is 42.5 Å². The fourth-order valence-electron chi connectivity index (χ4n) is 2.22. The lowest BCUT2D eigenvalue weighted by molar-refractivity contribution is 0.153. The van der Waals surface area contributed by atoms with Crippen LogP contribution in [0, 0.1) is 22.7 Å². The third-order valence-corrected chi connectivity index (χ3v) is 6.02. The van der Waals surface area contributed by atoms with Crippen molar-refractivity contribution in [1.29, 1.82) is 10.5 Å². The van der Waals surface area contributed by atoms with Crippen LogP contribution in [0.1, 0.15) is 31.9 Å². The Labute approximate surface area is 240 Å². The third kappa shape index (κ3) is 18.5. The first-order valence-electron chi connectivity index (χ1n) is 11.3. The van der Waals surface area contributed by atoms with Crippen molar-refractivity contribution in [3.05, 3.63) is 94.8 Å². The predicted molar refractivity (Wildman–Crippen MR) is 157 cm³/mol. The van der Waals surface area contributed by atoms with Crippen LogP contribution in [-0.2, 0) is 14.8 Å². The average Bonchev–Trinajstić information content (AvgIpc) is 2.92. The van der Waals surface area contributed by atoms with E-state index in [-0.39, 0.29) is 17.2 Å². The number of benzene rings is 2. The lowest BCUT2D eigenvalue weighted by atomic mass is 10.1. The van der Waals surface area contributed by atoms with Crippen molar-refractivity contribution in [2.75, 3.05) is 19.8 Å². The molecule has 0 atom stereocenters. The number of hydrogen-bond donors (Lipinski definition) is 2. The molecule has 39 heavy (non-hydrogen) atoms. The molecular formula is C28H32Cl2FN3O4S. The van der Waals surface area contributed by atoms with Crippen LogP contribution in [0.5, 0.6) is 5.75 Å². The second-order valence-corrected chi connectivity index (χ2v) is 9.36. The van der Waals surface area contributed by atoms with E-state index in [2.05, 4.69) is 11.3 Å². The molecule has 2 aromatic rings. The zero-order valence-corrected chi connectivity index (χ0v) is 24.3. The van der Waals surface area contributed by atoms with E-state index in [0.717, 1.165) is 11.1 Å². The van der Waals surface area contributed by atoms with Gasteiger partial charge in [0.1, 0.15) is 5.75 Å². The maximum Gasteiger partial charge on any atom is 0.240 e. The molecule has 210 valence electrons. The van der Waals surface area contributed by atoms with Gasteiger partial charge < -0.3 is 9.84 Å². The molecule has 2 rings (SSSR count). The van der Waals surface area contributed by atoms with Gasteiger partial charge in [-0.25, -0.2) is 17.5 Å². The first-order valence-corrected chi connectivity index (χ1v) is 13.6. The number of rotatable bonds is 8. The molecule has 0 fully saturated rings. The van der Waals surface area contributed by atoms with Crippen molar-refractivity contribution in [3.63, 3.8) is 0 Å². The predicted octanol–water partition coefficient (Wildman–Crippen LogP) is 7.46. The summed E-state index contributed by atoms with van der Waals surface area (Å²) in [5.41, 5.74) is 1.48. The highest BCUT2D eigenvalue weighted by atomic mass is 35.5. The quantitative estimate of drug-likeness (QED) is 0.185. The molecule has 0 aliphatic carbocycles. The van der Waals surface area contributed by atoms with Gasteiger partial charge in [0, 0.05) is 25.3 Å². The van der Waals surface area contributed by atoms with Gasteiger partial charge in [-0.3, -0.25) is 0 Å². The Kier molecular flexibility index (Phi) is 22.9. The Morgan fingerprint density at radius 3 is 1.85 bits per heavy atom. The largest absolute Gasteiger partial charge is 0.508 e. The summed E-state index contributed by atoms with van der Waals surface area (Å²) in [6.07, 6.45) is 9.48. The van der Waals surface area contributed by atoms with Gasteiger partial charge in [0.2, 0.25) is 10.0 Å². The van der Waals surface area contributed by atoms with E-state index in [0.29, 0.717) is 29.6 Å². The molecule has 0 saturated heterocycles. The minimum Gasteiger partial charge on any atom is -0.508 e. The minimum absolute atomic E-state index is 0.0354. The van der Waals surface area contributed by atoms with Crippen LogP contribution in [0.4, 0.5) is 4.39 Å². The highest BCUT2D eigenvalue weighted by Crippen LogP contribution is 2.27. The summed E-state index contributed by atoms with van der Waals surface area (Å²) in [6.45, 7) is 9.85. The zero-order valence-electron chi connectivity index (χ0n) is 21.9. The number of sulfonamides is 1. The van der Waals surface area contributed by atoms with Crippen LogP contribution in [-0.4, -0.2) is 33.3 Å². The SMILES string of the molecule is C/C=C/F.C=CC.CCOCCNS(=O)(=O)c1ccc(O)cc1.N#C/C=C/c1cc(Cl)c(Cl)cc1/C=C/C#N. The van der Waals surface area contributed by atoms with Crippen LogP contribution in [0.3, 0.4) is 0 Å². The summed E-state index contributed by atoms with van der Waals surface area (Å²) in [5, 5.41) is 26.8. The number of nitrogens with zero attached hydrogens (tertiary/aromatic N) is 2. The summed E-state index contributed by atoms with van der Waals surface area (Å²) in [7, 11) is -3.50. The Morgan fingerprint density at radius 1 is 1.05 bits per heavy atom. The summed E-state index contributed by atoms with van der Waals surface area (Å²) in [6, 6.07) is 12.4. The number of halogens is 3. The van der Waals surface area contributed by atoms with Gasteiger partial charge in [-0.2, -0.15) is 10.5 Å². The Morgan fingerprint density at radius 2 is 1.49 bits per heavy atom. The fraction of sp³-hybridized carbons (Fsp3) is 0.214. The Hall–Kier alpha value is -3.44. The van der Waals surface area contributed by atoms with E-state index in [9.17, 15) is 12.8 Å². The van der Waals surface area contributed by atoms with E-state index >= 15 is 0 Å². The van der Waals surface area contributed by atoms with Gasteiger partial charge in [0.15, 0.2) is 0 Å². The number of allylic oxidation sites excluding steroid dienone is 4. The second-order valence-electron chi connectivity index (χ2n) is 6.78. The average molecular weight is 597 g/mol. The van der Waals surface area contributed by atoms with E-state index < -0.39 is 10.0 Å². The smallest absolute Gasteiger partial charge is 0.240 e. The summed E-state index contributed by atoms with van der Waals surface area (Å²) < 4.78 is 41.3. The molecule has 2 N–H and O–H groups in total. The van der Waals surface area contributed by atoms with Gasteiger partial charge in [0.05, 0.1) is 40.0 Å². The molecular weight excluding hydrogens is 564 g/mol. The number of nitriles is 2. The third-order valence-electron chi connectivity index (χ3n) is 3.82. The molecule has 0 spiro atoms. The van der Waals surface area contributed by atoms with Gasteiger partial charge in [-0.15, -0.1) is 6.58 Å². The number of hydrogen-bond acceptors (Lipinski definition) is 6. The number of phenols is 1. The zero-order chi connectivity index (χ0) is 30.1. The maximum atomic E-state index is 11.7. The van der Waals surface area contributed by atoms with Crippen molar-refractivity contribution in [2.45, 2.75) is 25.7 Å². The van der Waals surface area contributed by atoms with Gasteiger partial charge in [0.25, 0.3) is 0 Å². The number of ether oxygens (including phenoxy) is 1.